The highest BCUT2D eigenvalue weighted by Crippen LogP contribution is 2.11. The molecule has 0 aliphatic carbocycles. The van der Waals surface area contributed by atoms with E-state index in [0.29, 0.717) is 0 Å². The van der Waals surface area contributed by atoms with Crippen LogP contribution in [-0.2, 0) is 26.3 Å². The molecule has 0 radical (unpaired) electrons. The Kier molecular flexibility index (Phi) is 20.0. The predicted octanol–water partition coefficient (Wildman–Crippen LogP) is -0.142. The third kappa shape index (κ3) is 21.1. The molecule has 1 aromatic rings. The number of carbonyl (C=O) groups excluding carboxylic acids is 8. The summed E-state index contributed by atoms with van der Waals surface area (Å²) in [6, 6.07) is 5.30. The summed E-state index contributed by atoms with van der Waals surface area (Å²) in [5.74, 6) is -3.65. The van der Waals surface area contributed by atoms with Gasteiger partial charge in [-0.05, 0) is 12.1 Å². The smallest absolute Gasteiger partial charge is 0.376 e. The van der Waals surface area contributed by atoms with Crippen LogP contribution in [0, 0.1) is 21.6 Å². The topological polar surface area (TPSA) is 421 Å². The third-order valence-corrected chi connectivity index (χ3v) is 5.40. The molecule has 0 unspecified atom stereocenters. The zero-order chi connectivity index (χ0) is 36.8. The van der Waals surface area contributed by atoms with E-state index in [1.807, 2.05) is 10.6 Å². The Hall–Kier alpha value is -5.74. The van der Waals surface area contributed by atoms with E-state index in [1.165, 1.54) is 24.3 Å². The fourth-order valence-electron chi connectivity index (χ4n) is 2.19. The van der Waals surface area contributed by atoms with Gasteiger partial charge < -0.3 is 39.7 Å². The fourth-order valence-corrected chi connectivity index (χ4v) is 3.02. The second kappa shape index (κ2) is 22.7. The Morgan fingerprint density at radius 2 is 0.750 bits per heavy atom. The lowest BCUT2D eigenvalue weighted by molar-refractivity contribution is -0.125. The zero-order valence-electron chi connectivity index (χ0n) is 23.6. The summed E-state index contributed by atoms with van der Waals surface area (Å²) >= 11 is 0.956. The summed E-state index contributed by atoms with van der Waals surface area (Å²) in [6.45, 7) is 0. The molecular weight excluding hydrogens is 729 g/mol. The molecule has 260 valence electrons. The average Bonchev–Trinajstić information content (AvgIpc) is 3.00. The largest absolute Gasteiger partial charge is 0.426 e. The normalized spacial score (nSPS) is 9.42. The van der Waals surface area contributed by atoms with Crippen molar-refractivity contribution in [2.45, 2.75) is 12.8 Å². The fraction of sp³-hybridized carbons (Fsp3) is 0.100. The number of carbonyl (C=O) groups is 8. The minimum atomic E-state index is -1.21. The number of rotatable bonds is 5. The first-order valence-corrected chi connectivity index (χ1v) is 14.6. The number of benzene rings is 1. The van der Waals surface area contributed by atoms with E-state index in [9.17, 15) is 38.4 Å². The van der Waals surface area contributed by atoms with Crippen LogP contribution in [0.25, 0.3) is 0 Å². The van der Waals surface area contributed by atoms with Gasteiger partial charge in [-0.1, -0.05) is 12.1 Å². The first kappa shape index (κ1) is 42.3. The predicted molar refractivity (Wildman–Crippen MR) is 171 cm³/mol. The molecule has 24 nitrogen and oxygen atoms in total. The molecule has 0 bridgehead atoms. The van der Waals surface area contributed by atoms with Crippen LogP contribution in [0.15, 0.2) is 24.3 Å². The molecule has 48 heavy (non-hydrogen) atoms. The SMILES string of the molecule is N=C(N)SOC(=O)NC(=O)CCC(=O)NC(=O)OSC(=N)N.N=C(N)SOC(=O)NC(=O)c1ccccc1C(=O)NC(=O)OSC(=N)N. The number of imide groups is 4. The van der Waals surface area contributed by atoms with E-state index >= 15 is 0 Å². The third-order valence-electron chi connectivity index (χ3n) is 3.74. The highest BCUT2D eigenvalue weighted by atomic mass is 32.2. The lowest BCUT2D eigenvalue weighted by Crippen LogP contribution is -2.35. The Balaban J connectivity index is 0.000000935. The van der Waals surface area contributed by atoms with Crippen molar-refractivity contribution in [2.75, 3.05) is 0 Å². The standard InChI is InChI=1S/C12H12N6O6S2.C8H12N6O6S2/c13-9(14)25-23-11(21)17-7(19)5-3-1-2-4-6(5)8(20)18-12(22)24-26-10(15)16;9-5(10)21-19-7(17)13-3(15)1-2-4(16)14-8(18)20-22-6(11)12/h1-4H,(H3,13,14)(H3,15,16)(H,17,19,21)(H,18,20,22);1-2H2,(H3,9,10)(H3,11,12)(H,13,15,17)(H,14,16,18). The van der Waals surface area contributed by atoms with Gasteiger partial charge in [-0.25, -0.2) is 19.2 Å². The number of nitrogens with one attached hydrogen (secondary N) is 8. The molecule has 0 aliphatic rings. The molecule has 0 saturated carbocycles. The molecule has 0 atom stereocenters. The van der Waals surface area contributed by atoms with Crippen molar-refractivity contribution in [3.63, 3.8) is 0 Å². The first-order chi connectivity index (χ1) is 22.4. The lowest BCUT2D eigenvalue weighted by Gasteiger charge is -2.09. The van der Waals surface area contributed by atoms with E-state index < -0.39 is 81.5 Å². The Morgan fingerprint density at radius 3 is 1.00 bits per heavy atom. The van der Waals surface area contributed by atoms with Gasteiger partial charge in [-0.3, -0.25) is 62.1 Å². The summed E-state index contributed by atoms with van der Waals surface area (Å²) in [5.41, 5.74) is 19.3. The van der Waals surface area contributed by atoms with E-state index in [2.05, 4.69) is 16.7 Å². The van der Waals surface area contributed by atoms with E-state index in [0.717, 1.165) is 0 Å². The molecule has 0 aliphatic heterocycles. The maximum atomic E-state index is 12.1. The second-order valence-corrected chi connectivity index (χ2v) is 10.4. The number of amidine groups is 4. The molecule has 28 heteroatoms. The van der Waals surface area contributed by atoms with Gasteiger partial charge in [0.2, 0.25) is 11.8 Å². The van der Waals surface area contributed by atoms with Crippen molar-refractivity contribution >= 4 is 117 Å². The number of amides is 8. The van der Waals surface area contributed by atoms with Crippen molar-refractivity contribution < 1.29 is 55.1 Å². The number of nitrogens with two attached hydrogens (primary N) is 4. The van der Waals surface area contributed by atoms with Crippen molar-refractivity contribution in [1.82, 2.24) is 21.3 Å². The molecule has 16 N–H and O–H groups in total. The van der Waals surface area contributed by atoms with Gasteiger partial charge in [-0.15, -0.1) is 0 Å². The van der Waals surface area contributed by atoms with Gasteiger partial charge in [0.05, 0.1) is 11.1 Å². The molecule has 0 aromatic heterocycles. The molecule has 0 saturated heterocycles. The van der Waals surface area contributed by atoms with Crippen LogP contribution in [0.5, 0.6) is 0 Å². The maximum Gasteiger partial charge on any atom is 0.426 e. The van der Waals surface area contributed by atoms with E-state index in [4.69, 9.17) is 44.6 Å². The maximum absolute atomic E-state index is 12.1. The van der Waals surface area contributed by atoms with Gasteiger partial charge in [0.25, 0.3) is 11.8 Å². The van der Waals surface area contributed by atoms with Crippen LogP contribution >= 0.6 is 48.2 Å². The number of hydrogen-bond donors (Lipinski definition) is 12. The van der Waals surface area contributed by atoms with Gasteiger partial charge in [0, 0.05) is 12.8 Å². The zero-order valence-corrected chi connectivity index (χ0v) is 26.8. The summed E-state index contributed by atoms with van der Waals surface area (Å²) in [4.78, 5) is 91.4. The van der Waals surface area contributed by atoms with Crippen LogP contribution in [0.2, 0.25) is 0 Å². The Morgan fingerprint density at radius 1 is 0.500 bits per heavy atom. The summed E-state index contributed by atoms with van der Waals surface area (Å²) < 4.78 is 17.4. The highest BCUT2D eigenvalue weighted by molar-refractivity contribution is 8.10. The Bertz CT molecular complexity index is 1370. The summed E-state index contributed by atoms with van der Waals surface area (Å²) in [6.07, 6.45) is -5.52. The van der Waals surface area contributed by atoms with Crippen LogP contribution in [0.3, 0.4) is 0 Å². The van der Waals surface area contributed by atoms with Crippen molar-refractivity contribution in [1.29, 1.82) is 21.6 Å². The van der Waals surface area contributed by atoms with Crippen LogP contribution in [0.1, 0.15) is 33.6 Å². The van der Waals surface area contributed by atoms with Gasteiger partial charge in [0.15, 0.2) is 20.7 Å². The molecule has 1 rings (SSSR count). The minimum absolute atomic E-state index is 0.230. The Labute approximate surface area is 285 Å². The monoisotopic (exact) mass is 752 g/mol. The van der Waals surface area contributed by atoms with Gasteiger partial charge in [-0.2, -0.15) is 0 Å². The molecule has 8 amide bonds. The quantitative estimate of drug-likeness (QED) is 0.106. The van der Waals surface area contributed by atoms with E-state index in [-0.39, 0.29) is 59.3 Å². The summed E-state index contributed by atoms with van der Waals surface area (Å²) in [7, 11) is 0. The van der Waals surface area contributed by atoms with Crippen LogP contribution < -0.4 is 44.2 Å². The van der Waals surface area contributed by atoms with Gasteiger partial charge in [0.1, 0.15) is 48.2 Å². The molecule has 0 fully saturated rings. The molecular formula is C20H24N12O12S4. The highest BCUT2D eigenvalue weighted by Gasteiger charge is 2.21. The molecule has 0 spiro atoms. The van der Waals surface area contributed by atoms with Crippen molar-refractivity contribution in [3.05, 3.63) is 35.4 Å². The van der Waals surface area contributed by atoms with E-state index in [1.54, 1.807) is 10.6 Å². The summed E-state index contributed by atoms with van der Waals surface area (Å²) in [5, 5.41) is 32.5. The number of hydrogen-bond acceptors (Lipinski definition) is 20. The van der Waals surface area contributed by atoms with Gasteiger partial charge >= 0.3 is 24.4 Å². The van der Waals surface area contributed by atoms with Crippen molar-refractivity contribution in [2.24, 2.45) is 22.9 Å². The lowest BCUT2D eigenvalue weighted by atomic mass is 10.1. The van der Waals surface area contributed by atoms with Crippen molar-refractivity contribution in [3.8, 4) is 0 Å². The second-order valence-electron chi connectivity index (χ2n) is 7.32. The molecule has 1 aromatic carbocycles. The minimum Gasteiger partial charge on any atom is -0.376 e. The van der Waals surface area contributed by atoms with Crippen LogP contribution in [0.4, 0.5) is 19.2 Å². The molecule has 0 heterocycles. The average molecular weight is 753 g/mol. The first-order valence-electron chi connectivity index (χ1n) is 11.6. The van der Waals surface area contributed by atoms with Crippen LogP contribution in [-0.4, -0.2) is 68.7 Å².